The van der Waals surface area contributed by atoms with Gasteiger partial charge in [0.1, 0.15) is 5.76 Å². The molecule has 0 atom stereocenters. The molecule has 0 spiro atoms. The van der Waals surface area contributed by atoms with E-state index in [-0.39, 0.29) is 6.61 Å². The Labute approximate surface area is 102 Å². The van der Waals surface area contributed by atoms with Crippen LogP contribution in [-0.4, -0.2) is 35.8 Å². The summed E-state index contributed by atoms with van der Waals surface area (Å²) in [7, 11) is 0. The zero-order valence-electron chi connectivity index (χ0n) is 8.95. The number of ether oxygens (including phenoxy) is 1. The highest BCUT2D eigenvalue weighted by atomic mass is 35.5. The molecular formula is C10H11ClF2O4. The maximum absolute atomic E-state index is 11.9. The summed E-state index contributed by atoms with van der Waals surface area (Å²) in [5.74, 6) is -3.37. The Kier molecular flexibility index (Phi) is 7.13. The van der Waals surface area contributed by atoms with Crippen LogP contribution in [0.1, 0.15) is 6.92 Å². The number of hydrogen-bond acceptors (Lipinski definition) is 4. The molecule has 0 aromatic heterocycles. The Morgan fingerprint density at radius 3 is 2.41 bits per heavy atom. The van der Waals surface area contributed by atoms with E-state index in [1.165, 1.54) is 6.92 Å². The van der Waals surface area contributed by atoms with Crippen molar-refractivity contribution in [2.24, 2.45) is 0 Å². The monoisotopic (exact) mass is 268 g/mol. The molecule has 0 amide bonds. The van der Waals surface area contributed by atoms with Crippen LogP contribution in [0.25, 0.3) is 0 Å². The van der Waals surface area contributed by atoms with Gasteiger partial charge in [0.15, 0.2) is 0 Å². The van der Waals surface area contributed by atoms with Gasteiger partial charge < -0.3 is 9.84 Å². The summed E-state index contributed by atoms with van der Waals surface area (Å²) in [5, 5.41) is 9.26. The second-order valence-electron chi connectivity index (χ2n) is 2.75. The number of hydrogen-bond donors (Lipinski definition) is 1. The summed E-state index contributed by atoms with van der Waals surface area (Å²) < 4.78 is 28.3. The number of alkyl halides is 3. The SMILES string of the molecule is CCOC(=O)C(/C=C/C(=O)C(F)F)=C(\O)CCl. The first-order valence-electron chi connectivity index (χ1n) is 4.59. The number of allylic oxidation sites excluding steroid dienone is 2. The maximum atomic E-state index is 11.9. The van der Waals surface area contributed by atoms with Crippen molar-refractivity contribution in [3.8, 4) is 0 Å². The maximum Gasteiger partial charge on any atom is 0.341 e. The number of aliphatic hydroxyl groups excluding tert-OH is 1. The van der Waals surface area contributed by atoms with Gasteiger partial charge in [-0.25, -0.2) is 13.6 Å². The summed E-state index contributed by atoms with van der Waals surface area (Å²) in [6.45, 7) is 1.57. The smallest absolute Gasteiger partial charge is 0.341 e. The van der Waals surface area contributed by atoms with Crippen molar-refractivity contribution < 1.29 is 28.2 Å². The highest BCUT2D eigenvalue weighted by molar-refractivity contribution is 6.19. The molecule has 0 aliphatic carbocycles. The van der Waals surface area contributed by atoms with Crippen LogP contribution in [0.4, 0.5) is 8.78 Å². The third kappa shape index (κ3) is 5.44. The van der Waals surface area contributed by atoms with Gasteiger partial charge in [0.2, 0.25) is 5.78 Å². The van der Waals surface area contributed by atoms with Crippen LogP contribution in [0.5, 0.6) is 0 Å². The average molecular weight is 269 g/mol. The van der Waals surface area contributed by atoms with Crippen LogP contribution >= 0.6 is 11.6 Å². The molecule has 0 heterocycles. The molecule has 0 saturated heterocycles. The first kappa shape index (κ1) is 15.6. The van der Waals surface area contributed by atoms with Crippen LogP contribution in [0, 0.1) is 0 Å². The fraction of sp³-hybridized carbons (Fsp3) is 0.400. The Hall–Kier alpha value is -1.43. The van der Waals surface area contributed by atoms with E-state index in [2.05, 4.69) is 4.74 Å². The largest absolute Gasteiger partial charge is 0.510 e. The minimum absolute atomic E-state index is 0.0362. The van der Waals surface area contributed by atoms with Gasteiger partial charge in [-0.05, 0) is 19.1 Å². The van der Waals surface area contributed by atoms with Crippen LogP contribution < -0.4 is 0 Å². The molecule has 0 saturated carbocycles. The van der Waals surface area contributed by atoms with Gasteiger partial charge in [0, 0.05) is 0 Å². The molecule has 96 valence electrons. The molecule has 0 fully saturated rings. The molecule has 0 rings (SSSR count). The predicted octanol–water partition coefficient (Wildman–Crippen LogP) is 1.99. The second-order valence-corrected chi connectivity index (χ2v) is 3.02. The van der Waals surface area contributed by atoms with Crippen molar-refractivity contribution in [1.29, 1.82) is 0 Å². The van der Waals surface area contributed by atoms with E-state index in [9.17, 15) is 23.5 Å². The van der Waals surface area contributed by atoms with Gasteiger partial charge in [0.25, 0.3) is 6.43 Å². The molecule has 0 aromatic rings. The van der Waals surface area contributed by atoms with E-state index >= 15 is 0 Å². The van der Waals surface area contributed by atoms with Gasteiger partial charge in [-0.3, -0.25) is 4.79 Å². The average Bonchev–Trinajstić information content (AvgIpc) is 2.28. The Balaban J connectivity index is 4.98. The van der Waals surface area contributed by atoms with Crippen LogP contribution in [0.15, 0.2) is 23.5 Å². The number of carbonyl (C=O) groups excluding carboxylic acids is 2. The van der Waals surface area contributed by atoms with Crippen LogP contribution in [0.2, 0.25) is 0 Å². The minimum atomic E-state index is -3.17. The Morgan fingerprint density at radius 1 is 1.41 bits per heavy atom. The molecule has 7 heteroatoms. The van der Waals surface area contributed by atoms with E-state index in [1.54, 1.807) is 0 Å². The Morgan fingerprint density at radius 2 is 2.00 bits per heavy atom. The Bertz CT molecular complexity index is 350. The van der Waals surface area contributed by atoms with Gasteiger partial charge in [-0.2, -0.15) is 0 Å². The quantitative estimate of drug-likeness (QED) is 0.263. The number of rotatable bonds is 6. The molecular weight excluding hydrogens is 258 g/mol. The van der Waals surface area contributed by atoms with Crippen molar-refractivity contribution in [1.82, 2.24) is 0 Å². The van der Waals surface area contributed by atoms with Crippen LogP contribution in [-0.2, 0) is 14.3 Å². The summed E-state index contributed by atoms with van der Waals surface area (Å²) >= 11 is 5.29. The number of aliphatic hydroxyl groups is 1. The first-order chi connectivity index (χ1) is 7.93. The molecule has 0 bridgehead atoms. The lowest BCUT2D eigenvalue weighted by molar-refractivity contribution is -0.138. The molecule has 0 radical (unpaired) electrons. The lowest BCUT2D eigenvalue weighted by Gasteiger charge is -2.04. The van der Waals surface area contributed by atoms with Crippen molar-refractivity contribution in [2.75, 3.05) is 12.5 Å². The van der Waals surface area contributed by atoms with Gasteiger partial charge in [0.05, 0.1) is 18.1 Å². The number of carbonyl (C=O) groups is 2. The van der Waals surface area contributed by atoms with Crippen molar-refractivity contribution in [3.63, 3.8) is 0 Å². The van der Waals surface area contributed by atoms with Crippen molar-refractivity contribution in [3.05, 3.63) is 23.5 Å². The molecule has 0 unspecified atom stereocenters. The van der Waals surface area contributed by atoms with E-state index in [4.69, 9.17) is 11.6 Å². The zero-order valence-corrected chi connectivity index (χ0v) is 9.71. The standard InChI is InChI=1S/C10H11ClF2O4/c1-2-17-10(16)6(8(15)5-11)3-4-7(14)9(12)13/h3-4,9,15H,2,5H2,1H3/b4-3+,8-6-. The first-order valence-corrected chi connectivity index (χ1v) is 5.12. The second kappa shape index (κ2) is 7.78. The lowest BCUT2D eigenvalue weighted by Crippen LogP contribution is -2.11. The fourth-order valence-electron chi connectivity index (χ4n) is 0.801. The van der Waals surface area contributed by atoms with E-state index in [0.717, 1.165) is 6.08 Å². The normalized spacial score (nSPS) is 12.8. The van der Waals surface area contributed by atoms with Crippen molar-refractivity contribution >= 4 is 23.4 Å². The highest BCUT2D eigenvalue weighted by Gasteiger charge is 2.16. The minimum Gasteiger partial charge on any atom is -0.510 e. The topological polar surface area (TPSA) is 63.6 Å². The molecule has 0 aliphatic rings. The van der Waals surface area contributed by atoms with E-state index in [0.29, 0.717) is 6.08 Å². The predicted molar refractivity (Wildman–Crippen MR) is 57.2 cm³/mol. The highest BCUT2D eigenvalue weighted by Crippen LogP contribution is 2.09. The van der Waals surface area contributed by atoms with E-state index < -0.39 is 35.4 Å². The fourth-order valence-corrected chi connectivity index (χ4v) is 0.945. The summed E-state index contributed by atoms with van der Waals surface area (Å²) in [4.78, 5) is 21.9. The lowest BCUT2D eigenvalue weighted by atomic mass is 10.2. The molecule has 17 heavy (non-hydrogen) atoms. The molecule has 1 N–H and O–H groups in total. The number of ketones is 1. The molecule has 4 nitrogen and oxygen atoms in total. The summed E-state index contributed by atoms with van der Waals surface area (Å²) in [6, 6.07) is 0. The van der Waals surface area contributed by atoms with Crippen molar-refractivity contribution in [2.45, 2.75) is 13.3 Å². The summed E-state index contributed by atoms with van der Waals surface area (Å²) in [6.07, 6.45) is -1.93. The third-order valence-corrected chi connectivity index (χ3v) is 1.82. The van der Waals surface area contributed by atoms with Gasteiger partial charge >= 0.3 is 5.97 Å². The van der Waals surface area contributed by atoms with E-state index in [1.807, 2.05) is 0 Å². The van der Waals surface area contributed by atoms with Gasteiger partial charge in [-0.15, -0.1) is 11.6 Å². The molecule has 0 aromatic carbocycles. The zero-order chi connectivity index (χ0) is 13.4. The summed E-state index contributed by atoms with van der Waals surface area (Å²) in [5.41, 5.74) is -0.421. The van der Waals surface area contributed by atoms with Gasteiger partial charge in [-0.1, -0.05) is 0 Å². The number of esters is 1. The third-order valence-electron chi connectivity index (χ3n) is 1.56. The molecule has 0 aliphatic heterocycles. The van der Waals surface area contributed by atoms with Crippen LogP contribution in [0.3, 0.4) is 0 Å². The number of halogens is 3.